The second kappa shape index (κ2) is 3.66. The van der Waals surface area contributed by atoms with Gasteiger partial charge in [-0.25, -0.2) is 4.79 Å². The minimum absolute atomic E-state index is 0.0488. The van der Waals surface area contributed by atoms with Gasteiger partial charge >= 0.3 is 5.97 Å². The molecule has 1 aromatic rings. The molecule has 0 N–H and O–H groups in total. The predicted octanol–water partition coefficient (Wildman–Crippen LogP) is 1.86. The Labute approximate surface area is 89.0 Å². The Bertz CT molecular complexity index is 360. The number of esters is 1. The fourth-order valence-electron chi connectivity index (χ4n) is 1.95. The minimum atomic E-state index is -0.842. The molecule has 1 aliphatic heterocycles. The molecule has 0 spiro atoms. The Kier molecular flexibility index (Phi) is 2.49. The standard InChI is InChI=1S/C12H14O3/c1-3-10-12(15-10,11(13)14-2)9-7-5-4-6-8-9/h4-8,10H,3H2,1-2H3. The van der Waals surface area contributed by atoms with Crippen molar-refractivity contribution in [3.05, 3.63) is 35.9 Å². The number of methoxy groups -OCH3 is 1. The molecule has 1 fully saturated rings. The van der Waals surface area contributed by atoms with Crippen LogP contribution in [0.3, 0.4) is 0 Å². The lowest BCUT2D eigenvalue weighted by Crippen LogP contribution is -2.26. The van der Waals surface area contributed by atoms with E-state index >= 15 is 0 Å². The molecule has 1 aliphatic rings. The number of hydrogen-bond donors (Lipinski definition) is 0. The maximum Gasteiger partial charge on any atom is 0.345 e. The van der Waals surface area contributed by atoms with Crippen LogP contribution in [0.25, 0.3) is 0 Å². The highest BCUT2D eigenvalue weighted by molar-refractivity contribution is 5.85. The molecule has 0 bridgehead atoms. The van der Waals surface area contributed by atoms with Crippen LogP contribution < -0.4 is 0 Å². The number of epoxide rings is 1. The Morgan fingerprint density at radius 2 is 2.13 bits per heavy atom. The molecule has 0 amide bonds. The van der Waals surface area contributed by atoms with Gasteiger partial charge in [0.25, 0.3) is 0 Å². The largest absolute Gasteiger partial charge is 0.467 e. The summed E-state index contributed by atoms with van der Waals surface area (Å²) in [7, 11) is 1.39. The average Bonchev–Trinajstić information content (AvgIpc) is 3.05. The van der Waals surface area contributed by atoms with Crippen molar-refractivity contribution in [2.45, 2.75) is 25.0 Å². The third-order valence-corrected chi connectivity index (χ3v) is 2.79. The minimum Gasteiger partial charge on any atom is -0.467 e. The fourth-order valence-corrected chi connectivity index (χ4v) is 1.95. The summed E-state index contributed by atoms with van der Waals surface area (Å²) in [5.74, 6) is -0.305. The SMILES string of the molecule is CCC1OC1(C(=O)OC)c1ccccc1. The Morgan fingerprint density at radius 1 is 1.47 bits per heavy atom. The molecule has 2 rings (SSSR count). The summed E-state index contributed by atoms with van der Waals surface area (Å²) in [6, 6.07) is 9.50. The molecule has 1 saturated heterocycles. The van der Waals surface area contributed by atoms with Gasteiger partial charge in [-0.1, -0.05) is 37.3 Å². The van der Waals surface area contributed by atoms with Crippen LogP contribution in [0, 0.1) is 0 Å². The zero-order valence-corrected chi connectivity index (χ0v) is 8.90. The fraction of sp³-hybridized carbons (Fsp3) is 0.417. The van der Waals surface area contributed by atoms with Gasteiger partial charge in [-0.2, -0.15) is 0 Å². The third kappa shape index (κ3) is 1.43. The maximum atomic E-state index is 11.7. The van der Waals surface area contributed by atoms with E-state index in [1.54, 1.807) is 0 Å². The summed E-state index contributed by atoms with van der Waals surface area (Å²) in [5, 5.41) is 0. The number of hydrogen-bond acceptors (Lipinski definition) is 3. The molecule has 15 heavy (non-hydrogen) atoms. The van der Waals surface area contributed by atoms with E-state index in [2.05, 4.69) is 0 Å². The van der Waals surface area contributed by atoms with Crippen LogP contribution in [0.5, 0.6) is 0 Å². The van der Waals surface area contributed by atoms with Crippen LogP contribution in [0.2, 0.25) is 0 Å². The van der Waals surface area contributed by atoms with E-state index in [4.69, 9.17) is 9.47 Å². The van der Waals surface area contributed by atoms with Crippen LogP contribution in [0.15, 0.2) is 30.3 Å². The number of carbonyl (C=O) groups excluding carboxylic acids is 1. The average molecular weight is 206 g/mol. The molecule has 0 aromatic heterocycles. The number of carbonyl (C=O) groups is 1. The Balaban J connectivity index is 2.34. The van der Waals surface area contributed by atoms with Crippen molar-refractivity contribution in [3.8, 4) is 0 Å². The van der Waals surface area contributed by atoms with Crippen LogP contribution in [-0.4, -0.2) is 19.2 Å². The lowest BCUT2D eigenvalue weighted by molar-refractivity contribution is -0.147. The summed E-state index contributed by atoms with van der Waals surface area (Å²) in [6.45, 7) is 2.00. The van der Waals surface area contributed by atoms with E-state index in [0.717, 1.165) is 12.0 Å². The number of benzene rings is 1. The molecule has 1 heterocycles. The van der Waals surface area contributed by atoms with Gasteiger partial charge in [0.2, 0.25) is 5.60 Å². The molecule has 0 radical (unpaired) electrons. The number of ether oxygens (including phenoxy) is 2. The van der Waals surface area contributed by atoms with Crippen molar-refractivity contribution in [1.29, 1.82) is 0 Å². The highest BCUT2D eigenvalue weighted by Gasteiger charge is 2.63. The molecule has 1 aromatic carbocycles. The summed E-state index contributed by atoms with van der Waals surface area (Å²) in [4.78, 5) is 11.7. The molecule has 2 unspecified atom stereocenters. The van der Waals surface area contributed by atoms with Crippen LogP contribution in [0.1, 0.15) is 18.9 Å². The first kappa shape index (κ1) is 10.2. The van der Waals surface area contributed by atoms with Gasteiger partial charge in [-0.15, -0.1) is 0 Å². The van der Waals surface area contributed by atoms with Gasteiger partial charge in [0.15, 0.2) is 0 Å². The molecule has 0 saturated carbocycles. The molecule has 3 heteroatoms. The van der Waals surface area contributed by atoms with E-state index in [1.807, 2.05) is 37.3 Å². The quantitative estimate of drug-likeness (QED) is 0.559. The third-order valence-electron chi connectivity index (χ3n) is 2.79. The second-order valence-corrected chi connectivity index (χ2v) is 3.61. The van der Waals surface area contributed by atoms with Crippen molar-refractivity contribution in [2.75, 3.05) is 7.11 Å². The van der Waals surface area contributed by atoms with Gasteiger partial charge in [0, 0.05) is 0 Å². The normalized spacial score (nSPS) is 28.5. The summed E-state index contributed by atoms with van der Waals surface area (Å²) >= 11 is 0. The van der Waals surface area contributed by atoms with Crippen molar-refractivity contribution in [1.82, 2.24) is 0 Å². The molecule has 0 aliphatic carbocycles. The highest BCUT2D eigenvalue weighted by atomic mass is 16.7. The van der Waals surface area contributed by atoms with Gasteiger partial charge in [0.1, 0.15) is 6.10 Å². The zero-order valence-electron chi connectivity index (χ0n) is 8.90. The first-order chi connectivity index (χ1) is 7.25. The van der Waals surface area contributed by atoms with E-state index in [0.29, 0.717) is 0 Å². The Hall–Kier alpha value is -1.35. The lowest BCUT2D eigenvalue weighted by Gasteiger charge is -2.10. The van der Waals surface area contributed by atoms with Gasteiger partial charge < -0.3 is 9.47 Å². The predicted molar refractivity (Wildman–Crippen MR) is 55.3 cm³/mol. The lowest BCUT2D eigenvalue weighted by atomic mass is 9.94. The summed E-state index contributed by atoms with van der Waals surface area (Å²) in [6.07, 6.45) is 0.761. The summed E-state index contributed by atoms with van der Waals surface area (Å²) < 4.78 is 10.3. The first-order valence-electron chi connectivity index (χ1n) is 5.07. The van der Waals surface area contributed by atoms with E-state index in [-0.39, 0.29) is 12.1 Å². The van der Waals surface area contributed by atoms with Crippen LogP contribution in [0.4, 0.5) is 0 Å². The topological polar surface area (TPSA) is 38.8 Å². The van der Waals surface area contributed by atoms with E-state index < -0.39 is 5.60 Å². The van der Waals surface area contributed by atoms with Gasteiger partial charge in [-0.05, 0) is 12.0 Å². The number of rotatable bonds is 3. The Morgan fingerprint density at radius 3 is 2.60 bits per heavy atom. The van der Waals surface area contributed by atoms with Gasteiger partial charge in [-0.3, -0.25) is 0 Å². The molecule has 2 atom stereocenters. The monoisotopic (exact) mass is 206 g/mol. The van der Waals surface area contributed by atoms with Crippen molar-refractivity contribution in [3.63, 3.8) is 0 Å². The molecule has 3 nitrogen and oxygen atoms in total. The van der Waals surface area contributed by atoms with E-state index in [1.165, 1.54) is 7.11 Å². The molecular weight excluding hydrogens is 192 g/mol. The first-order valence-corrected chi connectivity index (χ1v) is 5.07. The van der Waals surface area contributed by atoms with Crippen LogP contribution >= 0.6 is 0 Å². The van der Waals surface area contributed by atoms with Crippen molar-refractivity contribution in [2.24, 2.45) is 0 Å². The maximum absolute atomic E-state index is 11.7. The molecule has 80 valence electrons. The molecular formula is C12H14O3. The smallest absolute Gasteiger partial charge is 0.345 e. The van der Waals surface area contributed by atoms with Crippen LogP contribution in [-0.2, 0) is 19.9 Å². The zero-order chi connectivity index (χ0) is 10.9. The highest BCUT2D eigenvalue weighted by Crippen LogP contribution is 2.48. The second-order valence-electron chi connectivity index (χ2n) is 3.61. The summed E-state index contributed by atoms with van der Waals surface area (Å²) in [5.41, 5.74) is 0.0359. The van der Waals surface area contributed by atoms with Crippen molar-refractivity contribution < 1.29 is 14.3 Å². The van der Waals surface area contributed by atoms with Crippen molar-refractivity contribution >= 4 is 5.97 Å². The van der Waals surface area contributed by atoms with E-state index in [9.17, 15) is 4.79 Å². The van der Waals surface area contributed by atoms with Gasteiger partial charge in [0.05, 0.1) is 7.11 Å².